The topological polar surface area (TPSA) is 71.1 Å². The number of hydrogen-bond acceptors (Lipinski definition) is 5. The van der Waals surface area contributed by atoms with Crippen molar-refractivity contribution in [2.75, 3.05) is 18.8 Å². The molecule has 0 radical (unpaired) electrons. The number of para-hydroxylation sites is 1. The minimum Gasteiger partial charge on any atom is -0.354 e. The van der Waals surface area contributed by atoms with Crippen LogP contribution < -0.4 is 10.6 Å². The van der Waals surface area contributed by atoms with Gasteiger partial charge in [-0.2, -0.15) is 0 Å². The van der Waals surface area contributed by atoms with Crippen LogP contribution in [0.5, 0.6) is 0 Å². The highest BCUT2D eigenvalue weighted by Gasteiger charge is 2.07. The van der Waals surface area contributed by atoms with Crippen LogP contribution in [0, 0.1) is 5.82 Å². The quantitative estimate of drug-likeness (QED) is 0.525. The van der Waals surface area contributed by atoms with Gasteiger partial charge in [0.2, 0.25) is 11.8 Å². The molecule has 0 unspecified atom stereocenters. The SMILES string of the molecule is O=C(CSCc1nc2ccccc2s1)NCCNC(=O)Cc1ccc(F)cc1. The number of thioether (sulfide) groups is 1. The zero-order chi connectivity index (χ0) is 19.8. The Morgan fingerprint density at radius 3 is 2.46 bits per heavy atom. The Balaban J connectivity index is 1.28. The fourth-order valence-electron chi connectivity index (χ4n) is 2.52. The number of carbonyl (C=O) groups excluding carboxylic acids is 2. The maximum absolute atomic E-state index is 12.8. The molecule has 0 saturated carbocycles. The Labute approximate surface area is 170 Å². The van der Waals surface area contributed by atoms with Gasteiger partial charge in [-0.15, -0.1) is 23.1 Å². The van der Waals surface area contributed by atoms with Gasteiger partial charge in [-0.3, -0.25) is 9.59 Å². The van der Waals surface area contributed by atoms with Crippen LogP contribution in [0.4, 0.5) is 4.39 Å². The van der Waals surface area contributed by atoms with Crippen molar-refractivity contribution in [1.29, 1.82) is 0 Å². The molecule has 0 bridgehead atoms. The largest absolute Gasteiger partial charge is 0.354 e. The molecule has 2 aromatic carbocycles. The average molecular weight is 418 g/mol. The van der Waals surface area contributed by atoms with Gasteiger partial charge in [0.25, 0.3) is 0 Å². The summed E-state index contributed by atoms with van der Waals surface area (Å²) in [7, 11) is 0. The van der Waals surface area contributed by atoms with Gasteiger partial charge in [-0.05, 0) is 29.8 Å². The first-order valence-corrected chi connectivity index (χ1v) is 10.8. The predicted molar refractivity (Wildman–Crippen MR) is 112 cm³/mol. The smallest absolute Gasteiger partial charge is 0.230 e. The highest BCUT2D eigenvalue weighted by Crippen LogP contribution is 2.24. The molecule has 146 valence electrons. The van der Waals surface area contributed by atoms with Crippen LogP contribution in [-0.2, 0) is 21.8 Å². The predicted octanol–water partition coefficient (Wildman–Crippen LogP) is 3.14. The third-order valence-corrected chi connectivity index (χ3v) is 6.01. The number of rotatable bonds is 9. The number of carbonyl (C=O) groups is 2. The molecule has 0 atom stereocenters. The maximum atomic E-state index is 12.8. The molecule has 2 N–H and O–H groups in total. The maximum Gasteiger partial charge on any atom is 0.230 e. The number of hydrogen-bond donors (Lipinski definition) is 2. The van der Waals surface area contributed by atoms with Crippen LogP contribution in [0.1, 0.15) is 10.6 Å². The number of aromatic nitrogens is 1. The van der Waals surface area contributed by atoms with Gasteiger partial charge in [-0.1, -0.05) is 24.3 Å². The van der Waals surface area contributed by atoms with E-state index in [-0.39, 0.29) is 24.1 Å². The Morgan fingerprint density at radius 1 is 1.00 bits per heavy atom. The third kappa shape index (κ3) is 6.31. The van der Waals surface area contributed by atoms with Gasteiger partial charge in [0.15, 0.2) is 0 Å². The molecule has 1 aromatic heterocycles. The Bertz CT molecular complexity index is 911. The molecule has 3 aromatic rings. The summed E-state index contributed by atoms with van der Waals surface area (Å²) in [5.74, 6) is 0.485. The van der Waals surface area contributed by atoms with Gasteiger partial charge < -0.3 is 10.6 Å². The lowest BCUT2D eigenvalue weighted by atomic mass is 10.1. The second kappa shape index (κ2) is 10.2. The van der Waals surface area contributed by atoms with E-state index in [0.717, 1.165) is 20.8 Å². The van der Waals surface area contributed by atoms with E-state index < -0.39 is 0 Å². The van der Waals surface area contributed by atoms with Crippen molar-refractivity contribution in [1.82, 2.24) is 15.6 Å². The van der Waals surface area contributed by atoms with E-state index in [0.29, 0.717) is 24.6 Å². The number of nitrogens with zero attached hydrogens (tertiary/aromatic N) is 1. The van der Waals surface area contributed by atoms with Gasteiger partial charge in [-0.25, -0.2) is 9.37 Å². The lowest BCUT2D eigenvalue weighted by molar-refractivity contribution is -0.121. The number of amides is 2. The van der Waals surface area contributed by atoms with Crippen molar-refractivity contribution in [2.45, 2.75) is 12.2 Å². The van der Waals surface area contributed by atoms with Crippen molar-refractivity contribution < 1.29 is 14.0 Å². The monoisotopic (exact) mass is 417 g/mol. The molecular weight excluding hydrogens is 397 g/mol. The van der Waals surface area contributed by atoms with E-state index in [9.17, 15) is 14.0 Å². The van der Waals surface area contributed by atoms with Crippen molar-refractivity contribution in [3.05, 3.63) is 64.9 Å². The zero-order valence-electron chi connectivity index (χ0n) is 15.1. The summed E-state index contributed by atoms with van der Waals surface area (Å²) in [6.45, 7) is 0.726. The number of thiazole rings is 1. The summed E-state index contributed by atoms with van der Waals surface area (Å²) in [5.41, 5.74) is 1.73. The first-order valence-electron chi connectivity index (χ1n) is 8.80. The van der Waals surface area contributed by atoms with Crippen LogP contribution in [0.15, 0.2) is 48.5 Å². The summed E-state index contributed by atoms with van der Waals surface area (Å²) >= 11 is 3.16. The second-order valence-electron chi connectivity index (χ2n) is 6.07. The number of halogens is 1. The molecule has 0 aliphatic carbocycles. The molecular formula is C20H20FN3O2S2. The molecule has 1 heterocycles. The van der Waals surface area contributed by atoms with E-state index in [4.69, 9.17) is 0 Å². The van der Waals surface area contributed by atoms with Crippen LogP contribution in [0.25, 0.3) is 10.2 Å². The lowest BCUT2D eigenvalue weighted by Crippen LogP contribution is -2.36. The molecule has 5 nitrogen and oxygen atoms in total. The van der Waals surface area contributed by atoms with Gasteiger partial charge in [0.1, 0.15) is 10.8 Å². The summed E-state index contributed by atoms with van der Waals surface area (Å²) < 4.78 is 14.0. The minimum absolute atomic E-state index is 0.0705. The van der Waals surface area contributed by atoms with Gasteiger partial charge in [0.05, 0.1) is 22.4 Å². The number of fused-ring (bicyclic) bond motifs is 1. The lowest BCUT2D eigenvalue weighted by Gasteiger charge is -2.07. The molecule has 3 rings (SSSR count). The van der Waals surface area contributed by atoms with Crippen LogP contribution in [0.3, 0.4) is 0 Å². The third-order valence-electron chi connectivity index (χ3n) is 3.84. The van der Waals surface area contributed by atoms with Crippen molar-refractivity contribution in [2.24, 2.45) is 0 Å². The molecule has 0 spiro atoms. The van der Waals surface area contributed by atoms with E-state index in [2.05, 4.69) is 15.6 Å². The fourth-order valence-corrected chi connectivity index (χ4v) is 4.39. The summed E-state index contributed by atoms with van der Waals surface area (Å²) in [5, 5.41) is 6.52. The van der Waals surface area contributed by atoms with Gasteiger partial charge >= 0.3 is 0 Å². The normalized spacial score (nSPS) is 10.8. The van der Waals surface area contributed by atoms with Crippen LogP contribution >= 0.6 is 23.1 Å². The fraction of sp³-hybridized carbons (Fsp3) is 0.250. The molecule has 28 heavy (non-hydrogen) atoms. The molecule has 2 amide bonds. The number of benzene rings is 2. The van der Waals surface area contributed by atoms with E-state index in [1.165, 1.54) is 23.9 Å². The highest BCUT2D eigenvalue weighted by molar-refractivity contribution is 7.99. The summed E-state index contributed by atoms with van der Waals surface area (Å²) in [6, 6.07) is 13.8. The summed E-state index contributed by atoms with van der Waals surface area (Å²) in [6.07, 6.45) is 0.187. The van der Waals surface area contributed by atoms with Crippen LogP contribution in [0.2, 0.25) is 0 Å². The Kier molecular flexibility index (Phi) is 7.39. The van der Waals surface area contributed by atoms with Crippen molar-refractivity contribution in [3.8, 4) is 0 Å². The molecule has 8 heteroatoms. The van der Waals surface area contributed by atoms with Crippen molar-refractivity contribution in [3.63, 3.8) is 0 Å². The van der Waals surface area contributed by atoms with Crippen LogP contribution in [-0.4, -0.2) is 35.6 Å². The average Bonchev–Trinajstić information content (AvgIpc) is 3.10. The molecule has 0 aliphatic heterocycles. The van der Waals surface area contributed by atoms with Crippen molar-refractivity contribution >= 4 is 45.1 Å². The standard InChI is InChI=1S/C20H20FN3O2S2/c21-15-7-5-14(6-8-15)11-18(25)22-9-10-23-19(26)12-27-13-20-24-16-3-1-2-4-17(16)28-20/h1-8H,9-13H2,(H,22,25)(H,23,26). The highest BCUT2D eigenvalue weighted by atomic mass is 32.2. The molecule has 0 fully saturated rings. The zero-order valence-corrected chi connectivity index (χ0v) is 16.7. The summed E-state index contributed by atoms with van der Waals surface area (Å²) in [4.78, 5) is 28.2. The molecule has 0 saturated heterocycles. The first kappa shape index (κ1) is 20.3. The first-order chi connectivity index (χ1) is 13.6. The van der Waals surface area contributed by atoms with E-state index in [1.807, 2.05) is 24.3 Å². The molecule has 0 aliphatic rings. The van der Waals surface area contributed by atoms with E-state index in [1.54, 1.807) is 23.5 Å². The van der Waals surface area contributed by atoms with E-state index >= 15 is 0 Å². The Hall–Kier alpha value is -2.45. The van der Waals surface area contributed by atoms with Gasteiger partial charge in [0, 0.05) is 18.8 Å². The number of nitrogens with one attached hydrogen (secondary N) is 2. The minimum atomic E-state index is -0.326. The Morgan fingerprint density at radius 2 is 1.71 bits per heavy atom. The second-order valence-corrected chi connectivity index (χ2v) is 8.17.